The third kappa shape index (κ3) is 3.14. The Labute approximate surface area is 121 Å². The van der Waals surface area contributed by atoms with E-state index in [9.17, 15) is 9.90 Å². The van der Waals surface area contributed by atoms with Gasteiger partial charge in [-0.1, -0.05) is 19.8 Å². The van der Waals surface area contributed by atoms with Gasteiger partial charge in [-0.05, 0) is 57.6 Å². The van der Waals surface area contributed by atoms with Crippen molar-refractivity contribution < 1.29 is 5.11 Å². The van der Waals surface area contributed by atoms with Crippen LogP contribution in [0, 0.1) is 0 Å². The van der Waals surface area contributed by atoms with Crippen LogP contribution in [0.2, 0.25) is 0 Å². The van der Waals surface area contributed by atoms with Crippen LogP contribution >= 0.6 is 0 Å². The molecule has 0 radical (unpaired) electrons. The van der Waals surface area contributed by atoms with Gasteiger partial charge in [0.25, 0.3) is 5.56 Å². The summed E-state index contributed by atoms with van der Waals surface area (Å²) in [6, 6.07) is 1.95. The molecule has 0 saturated carbocycles. The van der Waals surface area contributed by atoms with Gasteiger partial charge in [-0.25, -0.2) is 0 Å². The van der Waals surface area contributed by atoms with Gasteiger partial charge in [0.2, 0.25) is 0 Å². The lowest BCUT2D eigenvalue weighted by atomic mass is 9.90. The number of aromatic nitrogens is 1. The molecule has 0 unspecified atom stereocenters. The summed E-state index contributed by atoms with van der Waals surface area (Å²) in [6.45, 7) is 6.37. The molecule has 2 rings (SSSR count). The molecule has 20 heavy (non-hydrogen) atoms. The van der Waals surface area contributed by atoms with Crippen molar-refractivity contribution in [2.24, 2.45) is 0 Å². The van der Waals surface area contributed by atoms with Gasteiger partial charge in [-0.2, -0.15) is 0 Å². The molecule has 0 atom stereocenters. The molecule has 0 spiro atoms. The first-order valence-corrected chi connectivity index (χ1v) is 7.93. The van der Waals surface area contributed by atoms with E-state index in [-0.39, 0.29) is 5.56 Å². The molecule has 1 aliphatic rings. The number of pyridine rings is 1. The van der Waals surface area contributed by atoms with Crippen molar-refractivity contribution in [3.05, 3.63) is 33.2 Å². The number of rotatable bonds is 5. The van der Waals surface area contributed by atoms with Crippen molar-refractivity contribution >= 4 is 0 Å². The number of aryl methyl sites for hydroxylation is 1. The van der Waals surface area contributed by atoms with Crippen molar-refractivity contribution in [3.8, 4) is 0 Å². The largest absolute Gasteiger partial charge is 0.386 e. The molecular formula is C17H27NO2. The Morgan fingerprint density at radius 1 is 1.25 bits per heavy atom. The van der Waals surface area contributed by atoms with Crippen LogP contribution in [0.4, 0.5) is 0 Å². The quantitative estimate of drug-likeness (QED) is 0.840. The first-order chi connectivity index (χ1) is 9.45. The fourth-order valence-electron chi connectivity index (χ4n) is 3.08. The summed E-state index contributed by atoms with van der Waals surface area (Å²) in [5, 5.41) is 10.3. The predicted molar refractivity (Wildman–Crippen MR) is 82.1 cm³/mol. The maximum absolute atomic E-state index is 12.7. The number of fused-ring (bicyclic) bond motifs is 1. The molecule has 0 saturated heterocycles. The van der Waals surface area contributed by atoms with Crippen LogP contribution in [-0.2, 0) is 25.0 Å². The van der Waals surface area contributed by atoms with Gasteiger partial charge in [0.1, 0.15) is 0 Å². The van der Waals surface area contributed by atoms with Crippen molar-refractivity contribution in [2.75, 3.05) is 0 Å². The highest BCUT2D eigenvalue weighted by Gasteiger charge is 2.25. The zero-order chi connectivity index (χ0) is 14.8. The summed E-state index contributed by atoms with van der Waals surface area (Å²) >= 11 is 0. The van der Waals surface area contributed by atoms with E-state index in [0.29, 0.717) is 5.56 Å². The second-order valence-corrected chi connectivity index (χ2v) is 6.46. The molecule has 1 aromatic heterocycles. The molecule has 3 heteroatoms. The molecule has 1 aromatic rings. The zero-order valence-electron chi connectivity index (χ0n) is 13.0. The number of hydrogen-bond acceptors (Lipinski definition) is 2. The normalized spacial score (nSPS) is 15.2. The maximum Gasteiger partial charge on any atom is 0.256 e. The Hall–Kier alpha value is -1.09. The van der Waals surface area contributed by atoms with Crippen LogP contribution in [0.1, 0.15) is 69.7 Å². The predicted octanol–water partition coefficient (Wildman–Crippen LogP) is 3.14. The Balaban J connectivity index is 2.48. The van der Waals surface area contributed by atoms with E-state index in [2.05, 4.69) is 6.92 Å². The van der Waals surface area contributed by atoms with Crippen molar-refractivity contribution in [2.45, 2.75) is 77.9 Å². The summed E-state index contributed by atoms with van der Waals surface area (Å²) in [6.07, 6.45) is 7.73. The molecule has 0 aromatic carbocycles. The first-order valence-electron chi connectivity index (χ1n) is 7.93. The maximum atomic E-state index is 12.7. The SMILES string of the molecule is CCCCCn1c2c(cc(C(C)(C)O)c1=O)CCCC2. The number of aliphatic hydroxyl groups is 1. The van der Waals surface area contributed by atoms with E-state index < -0.39 is 5.60 Å². The van der Waals surface area contributed by atoms with Gasteiger partial charge >= 0.3 is 0 Å². The average Bonchev–Trinajstić information content (AvgIpc) is 2.39. The summed E-state index contributed by atoms with van der Waals surface area (Å²) < 4.78 is 1.94. The van der Waals surface area contributed by atoms with E-state index in [4.69, 9.17) is 0 Å². The van der Waals surface area contributed by atoms with Gasteiger partial charge in [-0.15, -0.1) is 0 Å². The minimum Gasteiger partial charge on any atom is -0.386 e. The second kappa shape index (κ2) is 6.13. The Kier molecular flexibility index (Phi) is 4.69. The molecule has 0 fully saturated rings. The van der Waals surface area contributed by atoms with Crippen LogP contribution in [0.15, 0.2) is 10.9 Å². The Morgan fingerprint density at radius 2 is 1.95 bits per heavy atom. The van der Waals surface area contributed by atoms with Gasteiger partial charge in [-0.3, -0.25) is 4.79 Å². The highest BCUT2D eigenvalue weighted by molar-refractivity contribution is 5.31. The molecular weight excluding hydrogens is 250 g/mol. The van der Waals surface area contributed by atoms with Gasteiger partial charge in [0.05, 0.1) is 5.60 Å². The zero-order valence-corrected chi connectivity index (χ0v) is 13.0. The van der Waals surface area contributed by atoms with Crippen LogP contribution in [0.25, 0.3) is 0 Å². The van der Waals surface area contributed by atoms with Crippen molar-refractivity contribution in [1.82, 2.24) is 4.57 Å². The molecule has 1 heterocycles. The lowest BCUT2D eigenvalue weighted by Gasteiger charge is -2.26. The standard InChI is InChI=1S/C17H27NO2/c1-4-5-8-11-18-15-10-7-6-9-13(15)12-14(16(18)19)17(2,3)20/h12,20H,4-11H2,1-3H3. The number of hydrogen-bond donors (Lipinski definition) is 1. The monoisotopic (exact) mass is 277 g/mol. The average molecular weight is 277 g/mol. The summed E-state index contributed by atoms with van der Waals surface area (Å²) in [4.78, 5) is 12.7. The highest BCUT2D eigenvalue weighted by atomic mass is 16.3. The lowest BCUT2D eigenvalue weighted by molar-refractivity contribution is 0.0762. The van der Waals surface area contributed by atoms with E-state index in [0.717, 1.165) is 38.6 Å². The van der Waals surface area contributed by atoms with Crippen LogP contribution in [0.5, 0.6) is 0 Å². The molecule has 112 valence electrons. The molecule has 0 amide bonds. The lowest BCUT2D eigenvalue weighted by Crippen LogP contribution is -2.35. The smallest absolute Gasteiger partial charge is 0.256 e. The van der Waals surface area contributed by atoms with E-state index in [1.54, 1.807) is 13.8 Å². The Bertz CT molecular complexity index is 523. The fraction of sp³-hybridized carbons (Fsp3) is 0.706. The highest BCUT2D eigenvalue weighted by Crippen LogP contribution is 2.25. The third-order valence-corrected chi connectivity index (χ3v) is 4.24. The topological polar surface area (TPSA) is 42.2 Å². The molecule has 3 nitrogen and oxygen atoms in total. The fourth-order valence-corrected chi connectivity index (χ4v) is 3.08. The molecule has 0 aliphatic heterocycles. The van der Waals surface area contributed by atoms with Crippen molar-refractivity contribution in [1.29, 1.82) is 0 Å². The summed E-state index contributed by atoms with van der Waals surface area (Å²) in [7, 11) is 0. The van der Waals surface area contributed by atoms with Crippen molar-refractivity contribution in [3.63, 3.8) is 0 Å². The van der Waals surface area contributed by atoms with Crippen LogP contribution in [0.3, 0.4) is 0 Å². The van der Waals surface area contributed by atoms with E-state index >= 15 is 0 Å². The van der Waals surface area contributed by atoms with Crippen LogP contribution < -0.4 is 5.56 Å². The van der Waals surface area contributed by atoms with E-state index in [1.165, 1.54) is 24.1 Å². The summed E-state index contributed by atoms with van der Waals surface area (Å²) in [5.41, 5.74) is 1.98. The van der Waals surface area contributed by atoms with Crippen LogP contribution in [-0.4, -0.2) is 9.67 Å². The second-order valence-electron chi connectivity index (χ2n) is 6.46. The Morgan fingerprint density at radius 3 is 2.60 bits per heavy atom. The molecule has 1 aliphatic carbocycles. The number of nitrogens with zero attached hydrogens (tertiary/aromatic N) is 1. The number of unbranched alkanes of at least 4 members (excludes halogenated alkanes) is 2. The summed E-state index contributed by atoms with van der Waals surface area (Å²) in [5.74, 6) is 0. The first kappa shape index (κ1) is 15.3. The molecule has 1 N–H and O–H groups in total. The van der Waals surface area contributed by atoms with Gasteiger partial charge < -0.3 is 9.67 Å². The minimum absolute atomic E-state index is 0.00857. The third-order valence-electron chi connectivity index (χ3n) is 4.24. The van der Waals surface area contributed by atoms with Gasteiger partial charge in [0.15, 0.2) is 0 Å². The molecule has 0 bridgehead atoms. The minimum atomic E-state index is -1.06. The van der Waals surface area contributed by atoms with E-state index in [1.807, 2.05) is 10.6 Å². The van der Waals surface area contributed by atoms with Gasteiger partial charge in [0, 0.05) is 17.8 Å².